The van der Waals surface area contributed by atoms with Crippen molar-refractivity contribution < 1.29 is 18.7 Å². The molecule has 1 aliphatic carbocycles. The zero-order valence-electron chi connectivity index (χ0n) is 15.2. The number of halogens is 1. The molecule has 0 unspecified atom stereocenters. The number of methoxy groups -OCH3 is 2. The molecular formula is C21H24FNO3. The van der Waals surface area contributed by atoms with E-state index in [0.29, 0.717) is 19.4 Å². The lowest BCUT2D eigenvalue weighted by molar-refractivity contribution is -0.261. The number of hydrogen-bond acceptors (Lipinski definition) is 3. The van der Waals surface area contributed by atoms with Crippen molar-refractivity contribution in [2.24, 2.45) is 0 Å². The van der Waals surface area contributed by atoms with Gasteiger partial charge in [-0.05, 0) is 42.5 Å². The molecule has 4 nitrogen and oxygen atoms in total. The van der Waals surface area contributed by atoms with Crippen LogP contribution in [0.5, 0.6) is 0 Å². The Labute approximate surface area is 153 Å². The second-order valence-electron chi connectivity index (χ2n) is 6.39. The Bertz CT molecular complexity index is 745. The lowest BCUT2D eigenvalue weighted by atomic mass is 9.91. The molecule has 0 N–H and O–H groups in total. The third-order valence-corrected chi connectivity index (χ3v) is 4.88. The van der Waals surface area contributed by atoms with Gasteiger partial charge in [-0.25, -0.2) is 4.39 Å². The van der Waals surface area contributed by atoms with Crippen molar-refractivity contribution in [3.63, 3.8) is 0 Å². The van der Waals surface area contributed by atoms with Crippen LogP contribution in [0.1, 0.15) is 24.8 Å². The Balaban J connectivity index is 1.70. The van der Waals surface area contributed by atoms with Crippen LogP contribution in [-0.4, -0.2) is 37.5 Å². The number of fused-ring (bicyclic) bond motifs is 1. The van der Waals surface area contributed by atoms with Crippen molar-refractivity contribution in [3.05, 3.63) is 71.1 Å². The molecule has 1 aliphatic heterocycles. The van der Waals surface area contributed by atoms with E-state index in [1.807, 2.05) is 18.2 Å². The van der Waals surface area contributed by atoms with E-state index in [2.05, 4.69) is 6.08 Å². The quantitative estimate of drug-likeness (QED) is 0.728. The fraction of sp³-hybridized carbons (Fsp3) is 0.381. The molecule has 138 valence electrons. The molecule has 0 radical (unpaired) electrons. The summed E-state index contributed by atoms with van der Waals surface area (Å²) in [6, 6.07) is 6.39. The Morgan fingerprint density at radius 1 is 1.19 bits per heavy atom. The van der Waals surface area contributed by atoms with Crippen molar-refractivity contribution in [3.8, 4) is 0 Å². The fourth-order valence-electron chi connectivity index (χ4n) is 3.55. The van der Waals surface area contributed by atoms with Crippen LogP contribution < -0.4 is 0 Å². The van der Waals surface area contributed by atoms with Crippen LogP contribution in [0.3, 0.4) is 0 Å². The summed E-state index contributed by atoms with van der Waals surface area (Å²) in [5.74, 6) is -1.45. The van der Waals surface area contributed by atoms with E-state index in [0.717, 1.165) is 29.6 Å². The number of benzene rings is 1. The van der Waals surface area contributed by atoms with Crippen LogP contribution in [0.25, 0.3) is 0 Å². The average Bonchev–Trinajstić information content (AvgIpc) is 2.68. The van der Waals surface area contributed by atoms with Crippen molar-refractivity contribution in [1.82, 2.24) is 4.90 Å². The normalized spacial score (nSPS) is 18.2. The maximum atomic E-state index is 13.0. The highest BCUT2D eigenvalue weighted by molar-refractivity contribution is 5.78. The Morgan fingerprint density at radius 3 is 2.62 bits per heavy atom. The predicted molar refractivity (Wildman–Crippen MR) is 97.7 cm³/mol. The lowest BCUT2D eigenvalue weighted by Gasteiger charge is -2.45. The van der Waals surface area contributed by atoms with Gasteiger partial charge in [0.05, 0.1) is 0 Å². The minimum absolute atomic E-state index is 0.0263. The number of rotatable bonds is 6. The summed E-state index contributed by atoms with van der Waals surface area (Å²) in [7, 11) is 3.12. The molecule has 2 aliphatic rings. The topological polar surface area (TPSA) is 38.8 Å². The van der Waals surface area contributed by atoms with Crippen LogP contribution in [0.4, 0.5) is 4.39 Å². The summed E-state index contributed by atoms with van der Waals surface area (Å²) in [4.78, 5) is 14.5. The number of amides is 1. The highest BCUT2D eigenvalue weighted by atomic mass is 19.1. The molecular weight excluding hydrogens is 333 g/mol. The van der Waals surface area contributed by atoms with E-state index >= 15 is 0 Å². The second-order valence-corrected chi connectivity index (χ2v) is 6.39. The number of hydrogen-bond donors (Lipinski definition) is 0. The third kappa shape index (κ3) is 3.50. The summed E-state index contributed by atoms with van der Waals surface area (Å²) in [6.45, 7) is 0.439. The first-order valence-electron chi connectivity index (χ1n) is 8.83. The van der Waals surface area contributed by atoms with Gasteiger partial charge in [0.25, 0.3) is 5.91 Å². The third-order valence-electron chi connectivity index (χ3n) is 4.88. The lowest BCUT2D eigenvalue weighted by Crippen LogP contribution is -2.58. The Kier molecular flexibility index (Phi) is 5.69. The molecule has 5 heteroatoms. The molecule has 3 rings (SSSR count). The van der Waals surface area contributed by atoms with E-state index in [-0.39, 0.29) is 11.7 Å². The van der Waals surface area contributed by atoms with Gasteiger partial charge < -0.3 is 9.47 Å². The standard InChI is InChI=1S/C21H24FNO3/c1-25-21(26-2)19-8-4-3-7-17(19)14-15-23(21)20(24)9-5-6-16-10-12-18(22)13-11-16/h3,7-8,10-14H,4-6,9,15H2,1-2H3. The van der Waals surface area contributed by atoms with Gasteiger partial charge in [-0.2, -0.15) is 0 Å². The zero-order valence-corrected chi connectivity index (χ0v) is 15.2. The molecule has 0 spiro atoms. The Morgan fingerprint density at radius 2 is 1.92 bits per heavy atom. The molecule has 0 saturated carbocycles. The molecule has 0 bridgehead atoms. The molecule has 0 atom stereocenters. The fourth-order valence-corrected chi connectivity index (χ4v) is 3.55. The minimum Gasteiger partial charge on any atom is -0.332 e. The molecule has 1 aromatic carbocycles. The van der Waals surface area contributed by atoms with Crippen molar-refractivity contribution in [1.29, 1.82) is 0 Å². The van der Waals surface area contributed by atoms with E-state index < -0.39 is 5.91 Å². The van der Waals surface area contributed by atoms with E-state index in [1.54, 1.807) is 31.3 Å². The van der Waals surface area contributed by atoms with Crippen molar-refractivity contribution in [2.45, 2.75) is 31.6 Å². The monoisotopic (exact) mass is 357 g/mol. The first kappa shape index (κ1) is 18.5. The molecule has 1 aromatic rings. The van der Waals surface area contributed by atoms with Crippen molar-refractivity contribution >= 4 is 5.91 Å². The molecule has 0 aromatic heterocycles. The van der Waals surface area contributed by atoms with E-state index in [1.165, 1.54) is 12.1 Å². The molecule has 1 heterocycles. The van der Waals surface area contributed by atoms with Crippen LogP contribution in [-0.2, 0) is 20.7 Å². The molecule has 1 amide bonds. The van der Waals surface area contributed by atoms with Gasteiger partial charge in [0.15, 0.2) is 0 Å². The Hall–Kier alpha value is -2.24. The van der Waals surface area contributed by atoms with Gasteiger partial charge in [0.2, 0.25) is 5.91 Å². The van der Waals surface area contributed by atoms with E-state index in [9.17, 15) is 9.18 Å². The number of ether oxygens (including phenoxy) is 2. The van der Waals surface area contributed by atoms with E-state index in [4.69, 9.17) is 9.47 Å². The van der Waals surface area contributed by atoms with Crippen LogP contribution in [0, 0.1) is 5.82 Å². The van der Waals surface area contributed by atoms with Crippen molar-refractivity contribution in [2.75, 3.05) is 20.8 Å². The number of carbonyl (C=O) groups is 1. The summed E-state index contributed by atoms with van der Waals surface area (Å²) in [6.07, 6.45) is 10.7. The largest absolute Gasteiger partial charge is 0.332 e. The summed E-state index contributed by atoms with van der Waals surface area (Å²) in [5.41, 5.74) is 2.93. The first-order chi connectivity index (χ1) is 12.6. The highest BCUT2D eigenvalue weighted by Gasteiger charge is 2.46. The maximum Gasteiger partial charge on any atom is 0.282 e. The van der Waals surface area contributed by atoms with Gasteiger partial charge in [-0.1, -0.05) is 36.4 Å². The predicted octanol–water partition coefficient (Wildman–Crippen LogP) is 3.75. The summed E-state index contributed by atoms with van der Waals surface area (Å²) < 4.78 is 24.4. The molecule has 0 saturated heterocycles. The second kappa shape index (κ2) is 7.98. The van der Waals surface area contributed by atoms with Crippen LogP contribution in [0.15, 0.2) is 59.7 Å². The molecule has 0 fully saturated rings. The van der Waals surface area contributed by atoms with Gasteiger partial charge in [-0.15, -0.1) is 0 Å². The number of carbonyl (C=O) groups excluding carboxylic acids is 1. The van der Waals surface area contributed by atoms with Gasteiger partial charge in [-0.3, -0.25) is 9.69 Å². The van der Waals surface area contributed by atoms with Crippen LogP contribution >= 0.6 is 0 Å². The number of nitrogens with zero attached hydrogens (tertiary/aromatic N) is 1. The minimum atomic E-state index is -1.18. The number of allylic oxidation sites excluding steroid dienone is 3. The summed E-state index contributed by atoms with van der Waals surface area (Å²) in [5, 5.41) is 0. The number of aryl methyl sites for hydroxylation is 1. The zero-order chi connectivity index (χ0) is 18.6. The summed E-state index contributed by atoms with van der Waals surface area (Å²) >= 11 is 0. The van der Waals surface area contributed by atoms with Gasteiger partial charge in [0, 0.05) is 32.8 Å². The average molecular weight is 357 g/mol. The highest BCUT2D eigenvalue weighted by Crippen LogP contribution is 2.38. The molecule has 26 heavy (non-hydrogen) atoms. The smallest absolute Gasteiger partial charge is 0.282 e. The van der Waals surface area contributed by atoms with Gasteiger partial charge in [0.1, 0.15) is 5.82 Å². The SMILES string of the molecule is COC1(OC)C2=CCC=CC2=CCN1C(=O)CCCc1ccc(F)cc1. The maximum absolute atomic E-state index is 13.0. The first-order valence-corrected chi connectivity index (χ1v) is 8.83. The van der Waals surface area contributed by atoms with Crippen LogP contribution in [0.2, 0.25) is 0 Å². The van der Waals surface area contributed by atoms with Gasteiger partial charge >= 0.3 is 0 Å².